The van der Waals surface area contributed by atoms with Crippen LogP contribution >= 0.6 is 0 Å². The van der Waals surface area contributed by atoms with Crippen molar-refractivity contribution in [1.82, 2.24) is 9.97 Å². The number of fused-ring (bicyclic) bond motifs is 1. The Hall–Kier alpha value is -2.10. The van der Waals surface area contributed by atoms with E-state index in [1.165, 1.54) is 6.07 Å². The molecular formula is C17H17FN2O. The Bertz CT molecular complexity index is 738. The fraction of sp³-hybridized carbons (Fsp3) is 0.353. The lowest BCUT2D eigenvalue weighted by Crippen LogP contribution is -2.28. The van der Waals surface area contributed by atoms with E-state index in [4.69, 9.17) is 0 Å². The van der Waals surface area contributed by atoms with Crippen molar-refractivity contribution in [2.24, 2.45) is 5.41 Å². The molecule has 3 nitrogen and oxygen atoms in total. The smallest absolute Gasteiger partial charge is 0.166 e. The molecular weight excluding hydrogens is 267 g/mol. The van der Waals surface area contributed by atoms with E-state index in [2.05, 4.69) is 23.8 Å². The van der Waals surface area contributed by atoms with E-state index in [1.807, 2.05) is 0 Å². The molecule has 0 atom stereocenters. The van der Waals surface area contributed by atoms with Crippen LogP contribution in [0.2, 0.25) is 0 Å². The summed E-state index contributed by atoms with van der Waals surface area (Å²) < 4.78 is 13.7. The van der Waals surface area contributed by atoms with Crippen molar-refractivity contribution in [3.05, 3.63) is 47.0 Å². The zero-order valence-electron chi connectivity index (χ0n) is 12.4. The molecule has 1 aromatic heterocycles. The summed E-state index contributed by atoms with van der Waals surface area (Å²) in [5.74, 6) is 0.284. The number of carbonyl (C=O) groups is 1. The van der Waals surface area contributed by atoms with Crippen LogP contribution in [0, 0.1) is 18.2 Å². The first-order valence-corrected chi connectivity index (χ1v) is 7.01. The van der Waals surface area contributed by atoms with E-state index < -0.39 is 0 Å². The lowest BCUT2D eigenvalue weighted by molar-refractivity contribution is 0.0910. The molecule has 2 aromatic rings. The van der Waals surface area contributed by atoms with Gasteiger partial charge in [-0.15, -0.1) is 0 Å². The Morgan fingerprint density at radius 3 is 2.71 bits per heavy atom. The molecule has 1 aromatic carbocycles. The number of Topliss-reactive ketones (excluding diaryl/α,β-unsaturated/α-hetero) is 1. The second-order valence-electron chi connectivity index (χ2n) is 6.46. The quantitative estimate of drug-likeness (QED) is 0.801. The first-order valence-electron chi connectivity index (χ1n) is 7.01. The third-order valence-electron chi connectivity index (χ3n) is 3.88. The number of aromatic nitrogens is 2. The number of halogens is 1. The predicted octanol–water partition coefficient (Wildman–Crippen LogP) is 3.75. The topological polar surface area (TPSA) is 42.9 Å². The summed E-state index contributed by atoms with van der Waals surface area (Å²) in [7, 11) is 0. The first kappa shape index (κ1) is 13.9. The van der Waals surface area contributed by atoms with E-state index in [9.17, 15) is 9.18 Å². The molecule has 3 rings (SSSR count). The van der Waals surface area contributed by atoms with Gasteiger partial charge in [0, 0.05) is 18.2 Å². The first-order chi connectivity index (χ1) is 9.85. The van der Waals surface area contributed by atoms with Crippen LogP contribution in [0.15, 0.2) is 24.4 Å². The van der Waals surface area contributed by atoms with Crippen molar-refractivity contribution in [3.8, 4) is 11.4 Å². The van der Waals surface area contributed by atoms with Gasteiger partial charge in [0.1, 0.15) is 5.82 Å². The van der Waals surface area contributed by atoms with Gasteiger partial charge in [0.15, 0.2) is 11.6 Å². The highest BCUT2D eigenvalue weighted by Gasteiger charge is 2.32. The van der Waals surface area contributed by atoms with Gasteiger partial charge in [0.2, 0.25) is 0 Å². The normalized spacial score (nSPS) is 16.7. The van der Waals surface area contributed by atoms with Gasteiger partial charge >= 0.3 is 0 Å². The number of rotatable bonds is 1. The Labute approximate surface area is 123 Å². The van der Waals surface area contributed by atoms with Gasteiger partial charge < -0.3 is 0 Å². The van der Waals surface area contributed by atoms with Crippen LogP contribution in [-0.4, -0.2) is 15.8 Å². The van der Waals surface area contributed by atoms with Gasteiger partial charge in [-0.2, -0.15) is 0 Å². The molecule has 0 unspecified atom stereocenters. The van der Waals surface area contributed by atoms with Gasteiger partial charge in [-0.3, -0.25) is 4.79 Å². The molecule has 0 bridgehead atoms. The molecule has 0 spiro atoms. The number of hydrogen-bond donors (Lipinski definition) is 0. The van der Waals surface area contributed by atoms with Crippen LogP contribution in [0.3, 0.4) is 0 Å². The summed E-state index contributed by atoms with van der Waals surface area (Å²) in [5, 5.41) is 0. The molecule has 0 aliphatic heterocycles. The van der Waals surface area contributed by atoms with Crippen molar-refractivity contribution in [2.45, 2.75) is 33.6 Å². The maximum atomic E-state index is 13.7. The number of nitrogens with zero attached hydrogens (tertiary/aromatic N) is 2. The molecule has 0 N–H and O–H groups in total. The lowest BCUT2D eigenvalue weighted by atomic mass is 9.76. The average molecular weight is 284 g/mol. The van der Waals surface area contributed by atoms with Crippen molar-refractivity contribution in [3.63, 3.8) is 0 Å². The standard InChI is InChI=1S/C17H17FN2O/c1-10-4-5-11(6-13(10)18)16-19-9-12-14(20-16)7-17(2,3)8-15(12)21/h4-6,9H,7-8H2,1-3H3. The van der Waals surface area contributed by atoms with Crippen LogP contribution < -0.4 is 0 Å². The number of carbonyl (C=O) groups excluding carboxylic acids is 1. The minimum atomic E-state index is -0.273. The molecule has 1 aliphatic carbocycles. The number of hydrogen-bond acceptors (Lipinski definition) is 3. The molecule has 0 saturated carbocycles. The van der Waals surface area contributed by atoms with Crippen LogP contribution in [0.1, 0.15) is 41.9 Å². The summed E-state index contributed by atoms with van der Waals surface area (Å²) >= 11 is 0. The average Bonchev–Trinajstić information content (AvgIpc) is 2.40. The molecule has 0 radical (unpaired) electrons. The van der Waals surface area contributed by atoms with E-state index in [0.29, 0.717) is 28.9 Å². The molecule has 0 amide bonds. The van der Waals surface area contributed by atoms with Gasteiger partial charge in [-0.05, 0) is 30.4 Å². The molecule has 1 heterocycles. The molecule has 0 fully saturated rings. The minimum Gasteiger partial charge on any atom is -0.294 e. The molecule has 1 aliphatic rings. The Kier molecular flexibility index (Phi) is 3.12. The summed E-state index contributed by atoms with van der Waals surface area (Å²) in [6.45, 7) is 5.83. The molecule has 4 heteroatoms. The fourth-order valence-electron chi connectivity index (χ4n) is 2.70. The van der Waals surface area contributed by atoms with Crippen molar-refractivity contribution in [2.75, 3.05) is 0 Å². The third kappa shape index (κ3) is 2.58. The Balaban J connectivity index is 2.07. The van der Waals surface area contributed by atoms with Crippen LogP contribution in [-0.2, 0) is 6.42 Å². The predicted molar refractivity (Wildman–Crippen MR) is 78.6 cm³/mol. The minimum absolute atomic E-state index is 0.0860. The maximum absolute atomic E-state index is 13.7. The van der Waals surface area contributed by atoms with E-state index in [-0.39, 0.29) is 17.0 Å². The highest BCUT2D eigenvalue weighted by molar-refractivity contribution is 5.98. The van der Waals surface area contributed by atoms with Gasteiger partial charge in [0.25, 0.3) is 0 Å². The number of ketones is 1. The van der Waals surface area contributed by atoms with Crippen molar-refractivity contribution in [1.29, 1.82) is 0 Å². The largest absolute Gasteiger partial charge is 0.294 e. The monoisotopic (exact) mass is 284 g/mol. The highest BCUT2D eigenvalue weighted by Crippen LogP contribution is 2.34. The lowest BCUT2D eigenvalue weighted by Gasteiger charge is -2.29. The van der Waals surface area contributed by atoms with Crippen LogP contribution in [0.5, 0.6) is 0 Å². The van der Waals surface area contributed by atoms with E-state index in [0.717, 1.165) is 12.1 Å². The Morgan fingerprint density at radius 2 is 2.00 bits per heavy atom. The van der Waals surface area contributed by atoms with Crippen LogP contribution in [0.4, 0.5) is 4.39 Å². The van der Waals surface area contributed by atoms with Gasteiger partial charge in [-0.1, -0.05) is 26.0 Å². The second kappa shape index (κ2) is 4.72. The maximum Gasteiger partial charge on any atom is 0.166 e. The summed E-state index contributed by atoms with van der Waals surface area (Å²) in [4.78, 5) is 20.8. The highest BCUT2D eigenvalue weighted by atomic mass is 19.1. The van der Waals surface area contributed by atoms with Gasteiger partial charge in [-0.25, -0.2) is 14.4 Å². The molecule has 108 valence electrons. The Morgan fingerprint density at radius 1 is 1.24 bits per heavy atom. The zero-order valence-corrected chi connectivity index (χ0v) is 12.4. The van der Waals surface area contributed by atoms with E-state index in [1.54, 1.807) is 25.3 Å². The summed E-state index contributed by atoms with van der Waals surface area (Å²) in [6.07, 6.45) is 2.83. The summed E-state index contributed by atoms with van der Waals surface area (Å²) in [5.41, 5.74) is 2.51. The van der Waals surface area contributed by atoms with E-state index >= 15 is 0 Å². The van der Waals surface area contributed by atoms with Crippen LogP contribution in [0.25, 0.3) is 11.4 Å². The summed E-state index contributed by atoms with van der Waals surface area (Å²) in [6, 6.07) is 4.95. The second-order valence-corrected chi connectivity index (χ2v) is 6.46. The number of benzene rings is 1. The fourth-order valence-corrected chi connectivity index (χ4v) is 2.70. The van der Waals surface area contributed by atoms with Gasteiger partial charge in [0.05, 0.1) is 11.3 Å². The third-order valence-corrected chi connectivity index (χ3v) is 3.88. The SMILES string of the molecule is Cc1ccc(-c2ncc3c(n2)CC(C)(C)CC3=O)cc1F. The van der Waals surface area contributed by atoms with Crippen molar-refractivity contribution < 1.29 is 9.18 Å². The number of aryl methyl sites for hydroxylation is 1. The zero-order chi connectivity index (χ0) is 15.2. The molecule has 21 heavy (non-hydrogen) atoms. The molecule has 0 saturated heterocycles. The van der Waals surface area contributed by atoms with Crippen molar-refractivity contribution >= 4 is 5.78 Å².